The lowest BCUT2D eigenvalue weighted by atomic mass is 10.3. The molecule has 0 spiro atoms. The predicted molar refractivity (Wildman–Crippen MR) is 58.8 cm³/mol. The van der Waals surface area contributed by atoms with Crippen molar-refractivity contribution in [2.45, 2.75) is 5.33 Å². The van der Waals surface area contributed by atoms with Gasteiger partial charge in [0.05, 0.1) is 22.7 Å². The fourth-order valence-electron chi connectivity index (χ4n) is 1.14. The largest absolute Gasteiger partial charge is 0.497 e. The Balaban J connectivity index is 2.57. The zero-order chi connectivity index (χ0) is 9.26. The van der Waals surface area contributed by atoms with Gasteiger partial charge in [0.25, 0.3) is 0 Å². The van der Waals surface area contributed by atoms with E-state index < -0.39 is 0 Å². The molecule has 0 saturated heterocycles. The minimum absolute atomic E-state index is 0.814. The number of rotatable bonds is 2. The first-order chi connectivity index (χ1) is 6.33. The number of fused-ring (bicyclic) bond motifs is 1. The van der Waals surface area contributed by atoms with Crippen LogP contribution in [-0.2, 0) is 5.33 Å². The highest BCUT2D eigenvalue weighted by molar-refractivity contribution is 9.08. The van der Waals surface area contributed by atoms with E-state index in [1.54, 1.807) is 18.4 Å². The summed E-state index contributed by atoms with van der Waals surface area (Å²) in [5.74, 6) is 0.886. The molecule has 1 aromatic carbocycles. The lowest BCUT2D eigenvalue weighted by Crippen LogP contribution is -1.80. The highest BCUT2D eigenvalue weighted by atomic mass is 79.9. The second-order valence-electron chi connectivity index (χ2n) is 2.57. The zero-order valence-electron chi connectivity index (χ0n) is 7.08. The highest BCUT2D eigenvalue weighted by Crippen LogP contribution is 2.27. The Bertz CT molecular complexity index is 424. The van der Waals surface area contributed by atoms with E-state index in [0.717, 1.165) is 21.6 Å². The molecule has 0 unspecified atom stereocenters. The first-order valence-electron chi connectivity index (χ1n) is 3.83. The number of hydrogen-bond donors (Lipinski definition) is 0. The van der Waals surface area contributed by atoms with Gasteiger partial charge in [0.2, 0.25) is 0 Å². The molecular weight excluding hydrogens is 250 g/mol. The molecule has 0 N–H and O–H groups in total. The topological polar surface area (TPSA) is 22.1 Å². The first-order valence-corrected chi connectivity index (χ1v) is 5.76. The van der Waals surface area contributed by atoms with Crippen LogP contribution in [-0.4, -0.2) is 12.1 Å². The average Bonchev–Trinajstić information content (AvgIpc) is 2.58. The summed E-state index contributed by atoms with van der Waals surface area (Å²) in [5.41, 5.74) is 1.04. The van der Waals surface area contributed by atoms with Gasteiger partial charge in [-0.25, -0.2) is 4.98 Å². The highest BCUT2D eigenvalue weighted by Gasteiger charge is 2.02. The summed E-state index contributed by atoms with van der Waals surface area (Å²) >= 11 is 5.08. The summed E-state index contributed by atoms with van der Waals surface area (Å²) in [4.78, 5) is 4.42. The number of ether oxygens (including phenoxy) is 1. The van der Waals surface area contributed by atoms with Gasteiger partial charge in [-0.1, -0.05) is 15.9 Å². The maximum Gasteiger partial charge on any atom is 0.120 e. The molecule has 0 fully saturated rings. The third-order valence-electron chi connectivity index (χ3n) is 1.75. The van der Waals surface area contributed by atoms with Crippen LogP contribution in [0.25, 0.3) is 10.2 Å². The SMILES string of the molecule is COc1ccc2nc(CBr)sc2c1. The number of nitrogens with zero attached hydrogens (tertiary/aromatic N) is 1. The molecule has 0 atom stereocenters. The molecule has 68 valence electrons. The molecule has 0 aliphatic rings. The number of halogens is 1. The monoisotopic (exact) mass is 257 g/mol. The maximum atomic E-state index is 5.13. The normalized spacial score (nSPS) is 10.6. The van der Waals surface area contributed by atoms with Crippen LogP contribution >= 0.6 is 27.3 Å². The molecule has 0 aliphatic carbocycles. The van der Waals surface area contributed by atoms with Gasteiger partial charge >= 0.3 is 0 Å². The van der Waals surface area contributed by atoms with Crippen molar-refractivity contribution in [3.63, 3.8) is 0 Å². The molecule has 1 aromatic heterocycles. The third-order valence-corrected chi connectivity index (χ3v) is 3.67. The van der Waals surface area contributed by atoms with Crippen LogP contribution in [0.3, 0.4) is 0 Å². The fourth-order valence-corrected chi connectivity index (χ4v) is 2.45. The van der Waals surface area contributed by atoms with Crippen molar-refractivity contribution in [3.05, 3.63) is 23.2 Å². The van der Waals surface area contributed by atoms with Crippen molar-refractivity contribution in [1.29, 1.82) is 0 Å². The molecule has 13 heavy (non-hydrogen) atoms. The van der Waals surface area contributed by atoms with E-state index in [-0.39, 0.29) is 0 Å². The molecule has 1 heterocycles. The summed E-state index contributed by atoms with van der Waals surface area (Å²) in [6.45, 7) is 0. The van der Waals surface area contributed by atoms with E-state index >= 15 is 0 Å². The zero-order valence-corrected chi connectivity index (χ0v) is 9.48. The van der Waals surface area contributed by atoms with Crippen molar-refractivity contribution >= 4 is 37.5 Å². The van der Waals surface area contributed by atoms with Crippen LogP contribution in [0.2, 0.25) is 0 Å². The minimum atomic E-state index is 0.814. The van der Waals surface area contributed by atoms with Crippen molar-refractivity contribution < 1.29 is 4.74 Å². The average molecular weight is 258 g/mol. The van der Waals surface area contributed by atoms with E-state index in [2.05, 4.69) is 20.9 Å². The molecule has 0 radical (unpaired) electrons. The van der Waals surface area contributed by atoms with E-state index in [0.29, 0.717) is 0 Å². The third kappa shape index (κ3) is 1.69. The Morgan fingerprint density at radius 2 is 2.38 bits per heavy atom. The van der Waals surface area contributed by atoms with Gasteiger partial charge in [-0.05, 0) is 18.2 Å². The van der Waals surface area contributed by atoms with Gasteiger partial charge in [0.1, 0.15) is 10.8 Å². The van der Waals surface area contributed by atoms with Gasteiger partial charge in [-0.15, -0.1) is 11.3 Å². The number of hydrogen-bond acceptors (Lipinski definition) is 3. The number of benzene rings is 1. The number of alkyl halides is 1. The molecule has 2 aromatic rings. The molecule has 0 aliphatic heterocycles. The minimum Gasteiger partial charge on any atom is -0.497 e. The Labute approximate surface area is 88.7 Å². The lowest BCUT2D eigenvalue weighted by molar-refractivity contribution is 0.415. The molecule has 0 bridgehead atoms. The molecule has 2 rings (SSSR count). The van der Waals surface area contributed by atoms with E-state index in [9.17, 15) is 0 Å². The molecule has 0 saturated carbocycles. The van der Waals surface area contributed by atoms with Gasteiger partial charge in [-0.3, -0.25) is 0 Å². The van der Waals surface area contributed by atoms with Crippen molar-refractivity contribution in [2.24, 2.45) is 0 Å². The Kier molecular flexibility index (Phi) is 2.51. The van der Waals surface area contributed by atoms with Gasteiger partial charge in [0.15, 0.2) is 0 Å². The van der Waals surface area contributed by atoms with Crippen molar-refractivity contribution in [3.8, 4) is 5.75 Å². The summed E-state index contributed by atoms with van der Waals surface area (Å²) < 4.78 is 6.31. The lowest BCUT2D eigenvalue weighted by Gasteiger charge is -1.96. The molecule has 0 amide bonds. The second kappa shape index (κ2) is 3.64. The standard InChI is InChI=1S/C9H8BrNOS/c1-12-6-2-3-7-8(4-6)13-9(5-10)11-7/h2-4H,5H2,1H3. The van der Waals surface area contributed by atoms with Gasteiger partial charge < -0.3 is 4.74 Å². The predicted octanol–water partition coefficient (Wildman–Crippen LogP) is 3.20. The quantitative estimate of drug-likeness (QED) is 0.772. The van der Waals surface area contributed by atoms with E-state index in [1.165, 1.54) is 4.70 Å². The molecule has 4 heteroatoms. The summed E-state index contributed by atoms with van der Waals surface area (Å²) in [6, 6.07) is 5.93. The van der Waals surface area contributed by atoms with Crippen LogP contribution in [0.15, 0.2) is 18.2 Å². The Morgan fingerprint density at radius 1 is 1.54 bits per heavy atom. The van der Waals surface area contributed by atoms with Gasteiger partial charge in [-0.2, -0.15) is 0 Å². The fraction of sp³-hybridized carbons (Fsp3) is 0.222. The number of thiazole rings is 1. The van der Waals surface area contributed by atoms with Crippen LogP contribution < -0.4 is 4.74 Å². The summed E-state index contributed by atoms with van der Waals surface area (Å²) in [5, 5.41) is 1.91. The number of aromatic nitrogens is 1. The first kappa shape index (κ1) is 8.97. The van der Waals surface area contributed by atoms with Crippen LogP contribution in [0, 0.1) is 0 Å². The van der Waals surface area contributed by atoms with Crippen molar-refractivity contribution in [2.75, 3.05) is 7.11 Å². The maximum absolute atomic E-state index is 5.13. The van der Waals surface area contributed by atoms with Gasteiger partial charge in [0, 0.05) is 0 Å². The molecule has 2 nitrogen and oxygen atoms in total. The smallest absolute Gasteiger partial charge is 0.120 e. The molecular formula is C9H8BrNOS. The summed E-state index contributed by atoms with van der Waals surface area (Å²) in [7, 11) is 1.67. The van der Waals surface area contributed by atoms with Crippen LogP contribution in [0.5, 0.6) is 5.75 Å². The summed E-state index contributed by atoms with van der Waals surface area (Å²) in [6.07, 6.45) is 0. The Hall–Kier alpha value is -0.610. The second-order valence-corrected chi connectivity index (χ2v) is 4.25. The van der Waals surface area contributed by atoms with Crippen LogP contribution in [0.1, 0.15) is 5.01 Å². The van der Waals surface area contributed by atoms with Crippen molar-refractivity contribution in [1.82, 2.24) is 4.98 Å². The Morgan fingerprint density at radius 3 is 3.08 bits per heavy atom. The number of methoxy groups -OCH3 is 1. The van der Waals surface area contributed by atoms with Crippen LogP contribution in [0.4, 0.5) is 0 Å². The van der Waals surface area contributed by atoms with E-state index in [1.807, 2.05) is 18.2 Å². The van der Waals surface area contributed by atoms with E-state index in [4.69, 9.17) is 4.74 Å².